The summed E-state index contributed by atoms with van der Waals surface area (Å²) >= 11 is 0. The van der Waals surface area contributed by atoms with Crippen molar-refractivity contribution in [3.8, 4) is 5.75 Å². The van der Waals surface area contributed by atoms with E-state index in [1.807, 2.05) is 24.3 Å². The maximum atomic E-state index is 12.1. The van der Waals surface area contributed by atoms with E-state index in [1.165, 1.54) is 0 Å². The van der Waals surface area contributed by atoms with Crippen molar-refractivity contribution in [2.24, 2.45) is 7.05 Å². The number of nitrogens with zero attached hydrogens (tertiary/aromatic N) is 2. The second-order valence-electron chi connectivity index (χ2n) is 4.25. The van der Waals surface area contributed by atoms with E-state index in [-0.39, 0.29) is 5.91 Å². The summed E-state index contributed by atoms with van der Waals surface area (Å²) in [7, 11) is 1.78. The van der Waals surface area contributed by atoms with Gasteiger partial charge in [-0.25, -0.2) is 0 Å². The second-order valence-corrected chi connectivity index (χ2v) is 4.25. The quantitative estimate of drug-likeness (QED) is 0.866. The molecule has 0 spiro atoms. The molecule has 3 rings (SSSR count). The Bertz CT molecular complexity index is 566. The van der Waals surface area contributed by atoms with E-state index < -0.39 is 6.10 Å². The van der Waals surface area contributed by atoms with Gasteiger partial charge < -0.3 is 10.1 Å². The Kier molecular flexibility index (Phi) is 2.51. The molecule has 5 heteroatoms. The summed E-state index contributed by atoms with van der Waals surface area (Å²) in [4.78, 5) is 12.1. The lowest BCUT2D eigenvalue weighted by molar-refractivity contribution is -0.122. The normalized spacial score (nSPS) is 17.1. The Balaban J connectivity index is 1.71. The molecule has 0 bridgehead atoms. The van der Waals surface area contributed by atoms with Crippen LogP contribution in [-0.2, 0) is 18.3 Å². The van der Waals surface area contributed by atoms with Crippen molar-refractivity contribution < 1.29 is 9.53 Å². The first kappa shape index (κ1) is 10.8. The molecule has 5 nitrogen and oxygen atoms in total. The number of nitrogens with one attached hydrogen (secondary N) is 1. The smallest absolute Gasteiger partial charge is 0.266 e. The fourth-order valence-electron chi connectivity index (χ4n) is 2.03. The van der Waals surface area contributed by atoms with Crippen LogP contribution in [0.4, 0.5) is 5.82 Å². The lowest BCUT2D eigenvalue weighted by Crippen LogP contribution is -2.32. The second kappa shape index (κ2) is 4.18. The fraction of sp³-hybridized carbons (Fsp3) is 0.231. The van der Waals surface area contributed by atoms with Crippen molar-refractivity contribution in [1.29, 1.82) is 0 Å². The van der Waals surface area contributed by atoms with Crippen LogP contribution in [0.3, 0.4) is 0 Å². The molecule has 0 radical (unpaired) electrons. The summed E-state index contributed by atoms with van der Waals surface area (Å²) in [5, 5.41) is 6.80. The summed E-state index contributed by atoms with van der Waals surface area (Å²) in [6, 6.07) is 9.46. The lowest BCUT2D eigenvalue weighted by Gasteiger charge is -2.11. The highest BCUT2D eigenvalue weighted by Gasteiger charge is 2.29. The largest absolute Gasteiger partial charge is 0.480 e. The molecule has 2 aromatic rings. The maximum Gasteiger partial charge on any atom is 0.266 e. The number of hydrogen-bond donors (Lipinski definition) is 1. The van der Waals surface area contributed by atoms with Gasteiger partial charge in [-0.05, 0) is 11.6 Å². The molecular formula is C13H13N3O2. The molecule has 1 amide bonds. The van der Waals surface area contributed by atoms with E-state index in [1.54, 1.807) is 24.0 Å². The average molecular weight is 243 g/mol. The van der Waals surface area contributed by atoms with Gasteiger partial charge in [-0.15, -0.1) is 0 Å². The lowest BCUT2D eigenvalue weighted by atomic mass is 10.1. The fourth-order valence-corrected chi connectivity index (χ4v) is 2.03. The first-order valence-corrected chi connectivity index (χ1v) is 5.77. The minimum atomic E-state index is -0.461. The number of carbonyl (C=O) groups excluding carboxylic acids is 1. The molecule has 0 saturated carbocycles. The van der Waals surface area contributed by atoms with Gasteiger partial charge in [-0.1, -0.05) is 18.2 Å². The number of ether oxygens (including phenoxy) is 1. The first-order valence-electron chi connectivity index (χ1n) is 5.77. The number of aromatic nitrogens is 2. The number of aryl methyl sites for hydroxylation is 1. The predicted octanol–water partition coefficient (Wildman–Crippen LogP) is 1.36. The summed E-state index contributed by atoms with van der Waals surface area (Å²) in [5.74, 6) is 1.32. The molecule has 2 heterocycles. The van der Waals surface area contributed by atoms with Crippen LogP contribution in [0.25, 0.3) is 0 Å². The Morgan fingerprint density at radius 2 is 2.28 bits per heavy atom. The topological polar surface area (TPSA) is 56.2 Å². The highest BCUT2D eigenvalue weighted by Crippen LogP contribution is 2.28. The molecule has 1 aromatic heterocycles. The number of para-hydroxylation sites is 1. The summed E-state index contributed by atoms with van der Waals surface area (Å²) in [6.45, 7) is 0. The van der Waals surface area contributed by atoms with Crippen molar-refractivity contribution in [2.45, 2.75) is 12.5 Å². The maximum absolute atomic E-state index is 12.1. The molecule has 0 fully saturated rings. The zero-order valence-corrected chi connectivity index (χ0v) is 9.96. The zero-order valence-electron chi connectivity index (χ0n) is 9.96. The van der Waals surface area contributed by atoms with Gasteiger partial charge in [-0.2, -0.15) is 5.10 Å². The molecule has 1 atom stereocenters. The van der Waals surface area contributed by atoms with Gasteiger partial charge in [0.2, 0.25) is 0 Å². The van der Waals surface area contributed by atoms with Gasteiger partial charge in [-0.3, -0.25) is 9.48 Å². The molecule has 1 aliphatic heterocycles. The predicted molar refractivity (Wildman–Crippen MR) is 66.4 cm³/mol. The van der Waals surface area contributed by atoms with Crippen LogP contribution in [0.5, 0.6) is 5.75 Å². The van der Waals surface area contributed by atoms with Crippen molar-refractivity contribution in [1.82, 2.24) is 9.78 Å². The molecule has 1 aliphatic rings. The van der Waals surface area contributed by atoms with Gasteiger partial charge in [0, 0.05) is 19.5 Å². The van der Waals surface area contributed by atoms with E-state index in [0.29, 0.717) is 12.2 Å². The summed E-state index contributed by atoms with van der Waals surface area (Å²) < 4.78 is 7.23. The first-order chi connectivity index (χ1) is 8.74. The molecule has 0 aliphatic carbocycles. The van der Waals surface area contributed by atoms with Crippen molar-refractivity contribution in [3.63, 3.8) is 0 Å². The molecular weight excluding hydrogens is 230 g/mol. The molecule has 1 unspecified atom stereocenters. The number of fused-ring (bicyclic) bond motifs is 1. The van der Waals surface area contributed by atoms with Crippen LogP contribution < -0.4 is 10.1 Å². The highest BCUT2D eigenvalue weighted by atomic mass is 16.5. The third kappa shape index (κ3) is 1.84. The number of amides is 1. The molecule has 1 N–H and O–H groups in total. The zero-order chi connectivity index (χ0) is 12.5. The number of rotatable bonds is 2. The van der Waals surface area contributed by atoms with Crippen molar-refractivity contribution >= 4 is 11.7 Å². The highest BCUT2D eigenvalue weighted by molar-refractivity contribution is 5.94. The Hall–Kier alpha value is -2.30. The number of anilines is 1. The van der Waals surface area contributed by atoms with Crippen LogP contribution in [-0.4, -0.2) is 21.8 Å². The minimum Gasteiger partial charge on any atom is -0.480 e. The van der Waals surface area contributed by atoms with Gasteiger partial charge in [0.15, 0.2) is 6.10 Å². The number of hydrogen-bond acceptors (Lipinski definition) is 3. The monoisotopic (exact) mass is 243 g/mol. The van der Waals surface area contributed by atoms with Gasteiger partial charge in [0.05, 0.1) is 6.20 Å². The van der Waals surface area contributed by atoms with Crippen LogP contribution in [0.1, 0.15) is 5.56 Å². The third-order valence-corrected chi connectivity index (χ3v) is 3.01. The number of carbonyl (C=O) groups is 1. The Morgan fingerprint density at radius 3 is 3.00 bits per heavy atom. The van der Waals surface area contributed by atoms with Crippen LogP contribution >= 0.6 is 0 Å². The van der Waals surface area contributed by atoms with Crippen molar-refractivity contribution in [3.05, 3.63) is 42.1 Å². The van der Waals surface area contributed by atoms with Crippen molar-refractivity contribution in [2.75, 3.05) is 5.32 Å². The van der Waals surface area contributed by atoms with Gasteiger partial charge >= 0.3 is 0 Å². The Morgan fingerprint density at radius 1 is 1.44 bits per heavy atom. The summed E-state index contributed by atoms with van der Waals surface area (Å²) in [5.41, 5.74) is 1.07. The van der Waals surface area contributed by atoms with E-state index in [2.05, 4.69) is 10.4 Å². The van der Waals surface area contributed by atoms with E-state index in [9.17, 15) is 4.79 Å². The van der Waals surface area contributed by atoms with Crippen LogP contribution in [0, 0.1) is 0 Å². The average Bonchev–Trinajstić information content (AvgIpc) is 2.96. The van der Waals surface area contributed by atoms with Crippen LogP contribution in [0.2, 0.25) is 0 Å². The SMILES string of the molecule is Cn1nccc1NC(=O)C1Cc2ccccc2O1. The Labute approximate surface area is 104 Å². The number of benzene rings is 1. The minimum absolute atomic E-state index is 0.144. The summed E-state index contributed by atoms with van der Waals surface area (Å²) in [6.07, 6.45) is 1.79. The van der Waals surface area contributed by atoms with E-state index in [0.717, 1.165) is 11.3 Å². The van der Waals surface area contributed by atoms with E-state index >= 15 is 0 Å². The molecule has 92 valence electrons. The molecule has 1 aromatic carbocycles. The molecule has 18 heavy (non-hydrogen) atoms. The van der Waals surface area contributed by atoms with E-state index in [4.69, 9.17) is 4.74 Å². The van der Waals surface area contributed by atoms with Gasteiger partial charge in [0.25, 0.3) is 5.91 Å². The third-order valence-electron chi connectivity index (χ3n) is 3.01. The van der Waals surface area contributed by atoms with Crippen LogP contribution in [0.15, 0.2) is 36.5 Å². The molecule has 0 saturated heterocycles. The standard InChI is InChI=1S/C13H13N3O2/c1-16-12(6-7-14-16)15-13(17)11-8-9-4-2-3-5-10(9)18-11/h2-7,11H,8H2,1H3,(H,15,17). The van der Waals surface area contributed by atoms with Gasteiger partial charge in [0.1, 0.15) is 11.6 Å².